The van der Waals surface area contributed by atoms with Crippen LogP contribution in [-0.4, -0.2) is 50.0 Å². The Hall–Kier alpha value is -3.28. The number of anilines is 1. The van der Waals surface area contributed by atoms with Crippen LogP contribution in [0.5, 0.6) is 0 Å². The molecule has 0 aromatic heterocycles. The molecule has 2 amide bonds. The Kier molecular flexibility index (Phi) is 10.9. The third-order valence-corrected chi connectivity index (χ3v) is 8.04. The molecule has 0 bridgehead atoms. The number of amides is 2. The number of carbonyl (C=O) groups excluding carboxylic acids is 2. The van der Waals surface area contributed by atoms with E-state index in [0.29, 0.717) is 27.0 Å². The molecule has 42 heavy (non-hydrogen) atoms. The van der Waals surface area contributed by atoms with Gasteiger partial charge in [-0.25, -0.2) is 8.42 Å². The summed E-state index contributed by atoms with van der Waals surface area (Å²) in [7, 11) is -4.33. The van der Waals surface area contributed by atoms with E-state index < -0.39 is 51.9 Å². The van der Waals surface area contributed by atoms with Gasteiger partial charge in [0.05, 0.1) is 22.5 Å². The minimum atomic E-state index is -4.79. The minimum absolute atomic E-state index is 0.0682. The number of carbonyl (C=O) groups is 2. The van der Waals surface area contributed by atoms with Gasteiger partial charge in [-0.15, -0.1) is 0 Å². The van der Waals surface area contributed by atoms with Gasteiger partial charge in [0.1, 0.15) is 12.6 Å². The van der Waals surface area contributed by atoms with Crippen molar-refractivity contribution < 1.29 is 31.2 Å². The van der Waals surface area contributed by atoms with Crippen LogP contribution in [-0.2, 0) is 38.8 Å². The molecule has 13 heteroatoms. The molecular weight excluding hydrogens is 614 g/mol. The van der Waals surface area contributed by atoms with Gasteiger partial charge < -0.3 is 10.2 Å². The standard InChI is InChI=1S/C29H30Cl2F3N3O4S/c1-19(2)35-28(39)26(15-20-9-5-4-6-10-20)36(17-21-11-7-8-12-23(21)30)27(38)18-37(42(3,40)41)25-16-22(29(32,33)34)13-14-24(25)31/h4-14,16,19,26H,15,17-18H2,1-3H3,(H,35,39). The second-order valence-electron chi connectivity index (χ2n) is 9.92. The van der Waals surface area contributed by atoms with Crippen LogP contribution in [0.25, 0.3) is 0 Å². The normalized spacial score (nSPS) is 12.6. The van der Waals surface area contributed by atoms with Crippen molar-refractivity contribution in [1.29, 1.82) is 0 Å². The van der Waals surface area contributed by atoms with Crippen LogP contribution in [0.1, 0.15) is 30.5 Å². The first-order chi connectivity index (χ1) is 19.6. The average Bonchev–Trinajstić information content (AvgIpc) is 2.89. The highest BCUT2D eigenvalue weighted by atomic mass is 35.5. The number of hydrogen-bond donors (Lipinski definition) is 1. The Labute approximate surface area is 253 Å². The molecule has 3 aromatic carbocycles. The van der Waals surface area contributed by atoms with Gasteiger partial charge in [-0.3, -0.25) is 13.9 Å². The third kappa shape index (κ3) is 8.86. The minimum Gasteiger partial charge on any atom is -0.352 e. The first kappa shape index (κ1) is 33.2. The van der Waals surface area contributed by atoms with Crippen LogP contribution >= 0.6 is 23.2 Å². The van der Waals surface area contributed by atoms with Gasteiger partial charge in [-0.1, -0.05) is 71.7 Å². The van der Waals surface area contributed by atoms with E-state index in [1.165, 1.54) is 4.90 Å². The molecule has 1 unspecified atom stereocenters. The highest BCUT2D eigenvalue weighted by Crippen LogP contribution is 2.36. The van der Waals surface area contributed by atoms with E-state index in [0.717, 1.165) is 17.9 Å². The molecule has 226 valence electrons. The van der Waals surface area contributed by atoms with Gasteiger partial charge in [0, 0.05) is 24.0 Å². The summed E-state index contributed by atoms with van der Waals surface area (Å²) >= 11 is 12.5. The molecule has 0 fully saturated rings. The molecule has 0 aliphatic carbocycles. The number of nitrogens with zero attached hydrogens (tertiary/aromatic N) is 2. The molecule has 0 saturated heterocycles. The molecule has 0 radical (unpaired) electrons. The number of nitrogens with one attached hydrogen (secondary N) is 1. The lowest BCUT2D eigenvalue weighted by molar-refractivity contribution is -0.140. The first-order valence-corrected chi connectivity index (χ1v) is 15.4. The quantitative estimate of drug-likeness (QED) is 0.280. The number of benzene rings is 3. The molecule has 7 nitrogen and oxygen atoms in total. The predicted molar refractivity (Wildman–Crippen MR) is 158 cm³/mol. The number of alkyl halides is 3. The van der Waals surface area contributed by atoms with Crippen molar-refractivity contribution >= 4 is 50.7 Å². The highest BCUT2D eigenvalue weighted by Gasteiger charge is 2.36. The zero-order chi connectivity index (χ0) is 31.2. The summed E-state index contributed by atoms with van der Waals surface area (Å²) < 4.78 is 66.7. The highest BCUT2D eigenvalue weighted by molar-refractivity contribution is 7.92. The summed E-state index contributed by atoms with van der Waals surface area (Å²) in [5.74, 6) is -1.36. The van der Waals surface area contributed by atoms with E-state index in [2.05, 4.69) is 5.32 Å². The van der Waals surface area contributed by atoms with Crippen LogP contribution < -0.4 is 9.62 Å². The molecule has 0 spiro atoms. The van der Waals surface area contributed by atoms with Crippen molar-refractivity contribution in [3.8, 4) is 0 Å². The molecule has 3 rings (SSSR count). The largest absolute Gasteiger partial charge is 0.416 e. The van der Waals surface area contributed by atoms with E-state index in [-0.39, 0.29) is 24.0 Å². The second kappa shape index (κ2) is 13.8. The van der Waals surface area contributed by atoms with E-state index >= 15 is 0 Å². The molecule has 0 aliphatic rings. The van der Waals surface area contributed by atoms with E-state index in [1.807, 2.05) is 0 Å². The first-order valence-electron chi connectivity index (χ1n) is 12.8. The summed E-state index contributed by atoms with van der Waals surface area (Å²) in [6.07, 6.45) is -3.97. The summed E-state index contributed by atoms with van der Waals surface area (Å²) in [6, 6.07) is 16.3. The van der Waals surface area contributed by atoms with Crippen molar-refractivity contribution in [3.05, 3.63) is 99.5 Å². The smallest absolute Gasteiger partial charge is 0.352 e. The lowest BCUT2D eigenvalue weighted by Crippen LogP contribution is -2.54. The number of sulfonamides is 1. The Morgan fingerprint density at radius 3 is 2.12 bits per heavy atom. The fraction of sp³-hybridized carbons (Fsp3) is 0.310. The molecule has 0 aliphatic heterocycles. The van der Waals surface area contributed by atoms with E-state index in [1.54, 1.807) is 68.4 Å². The van der Waals surface area contributed by atoms with Crippen LogP contribution in [0.2, 0.25) is 10.0 Å². The number of halogens is 5. The Balaban J connectivity index is 2.13. The summed E-state index contributed by atoms with van der Waals surface area (Å²) in [6.45, 7) is 2.39. The Morgan fingerprint density at radius 2 is 1.55 bits per heavy atom. The fourth-order valence-corrected chi connectivity index (χ4v) is 5.54. The lowest BCUT2D eigenvalue weighted by Gasteiger charge is -2.34. The van der Waals surface area contributed by atoms with E-state index in [9.17, 15) is 31.2 Å². The molecule has 1 atom stereocenters. The third-order valence-electron chi connectivity index (χ3n) is 6.22. The van der Waals surface area contributed by atoms with Gasteiger partial charge in [-0.05, 0) is 49.2 Å². The maximum atomic E-state index is 14.0. The van der Waals surface area contributed by atoms with E-state index in [4.69, 9.17) is 23.2 Å². The molecule has 1 N–H and O–H groups in total. The topological polar surface area (TPSA) is 86.8 Å². The van der Waals surface area contributed by atoms with Gasteiger partial charge in [0.25, 0.3) is 0 Å². The van der Waals surface area contributed by atoms with Crippen molar-refractivity contribution in [2.75, 3.05) is 17.1 Å². The van der Waals surface area contributed by atoms with Gasteiger partial charge in [0.15, 0.2) is 0 Å². The maximum Gasteiger partial charge on any atom is 0.416 e. The average molecular weight is 645 g/mol. The Morgan fingerprint density at radius 1 is 0.929 bits per heavy atom. The number of rotatable bonds is 11. The summed E-state index contributed by atoms with van der Waals surface area (Å²) in [4.78, 5) is 28.7. The van der Waals surface area contributed by atoms with Crippen molar-refractivity contribution in [2.24, 2.45) is 0 Å². The summed E-state index contributed by atoms with van der Waals surface area (Å²) in [5, 5.41) is 2.80. The monoisotopic (exact) mass is 643 g/mol. The van der Waals surface area contributed by atoms with Crippen LogP contribution in [0.15, 0.2) is 72.8 Å². The maximum absolute atomic E-state index is 14.0. The second-order valence-corrected chi connectivity index (χ2v) is 12.6. The van der Waals surface area contributed by atoms with Crippen molar-refractivity contribution in [1.82, 2.24) is 10.2 Å². The van der Waals surface area contributed by atoms with Gasteiger partial charge in [-0.2, -0.15) is 13.2 Å². The zero-order valence-electron chi connectivity index (χ0n) is 23.0. The SMILES string of the molecule is CC(C)NC(=O)C(Cc1ccccc1)N(Cc1ccccc1Cl)C(=O)CN(c1cc(C(F)(F)F)ccc1Cl)S(C)(=O)=O. The fourth-order valence-electron chi connectivity index (χ4n) is 4.22. The molecular formula is C29H30Cl2F3N3O4S. The van der Waals surface area contributed by atoms with Crippen LogP contribution in [0.4, 0.5) is 18.9 Å². The zero-order valence-corrected chi connectivity index (χ0v) is 25.4. The van der Waals surface area contributed by atoms with Gasteiger partial charge >= 0.3 is 6.18 Å². The molecule has 0 heterocycles. The Bertz CT molecular complexity index is 1520. The van der Waals surface area contributed by atoms with Gasteiger partial charge in [0.2, 0.25) is 21.8 Å². The van der Waals surface area contributed by atoms with Crippen molar-refractivity contribution in [2.45, 2.75) is 45.1 Å². The molecule has 3 aromatic rings. The van der Waals surface area contributed by atoms with Crippen LogP contribution in [0.3, 0.4) is 0 Å². The molecule has 0 saturated carbocycles. The summed E-state index contributed by atoms with van der Waals surface area (Å²) in [5.41, 5.74) is -0.467. The van der Waals surface area contributed by atoms with Crippen molar-refractivity contribution in [3.63, 3.8) is 0 Å². The number of hydrogen-bond acceptors (Lipinski definition) is 4. The van der Waals surface area contributed by atoms with Crippen LogP contribution in [0, 0.1) is 0 Å². The predicted octanol–water partition coefficient (Wildman–Crippen LogP) is 5.94. The lowest BCUT2D eigenvalue weighted by atomic mass is 10.0.